The molecule has 90 valence electrons. The largest absolute Gasteiger partial charge is 0.305 e. The Bertz CT molecular complexity index is 490. The van der Waals surface area contributed by atoms with Gasteiger partial charge >= 0.3 is 0 Å². The van der Waals surface area contributed by atoms with Gasteiger partial charge in [-0.3, -0.25) is 4.98 Å². The standard InChI is InChI=1S/C14H18N2S/c1-10-6-13(8-15-7-10)9-16-12(3)14-5-4-11(2)17-14/h4-8,12,16H,9H2,1-3H3. The molecule has 3 heteroatoms. The van der Waals surface area contributed by atoms with Crippen molar-refractivity contribution in [3.05, 3.63) is 51.5 Å². The summed E-state index contributed by atoms with van der Waals surface area (Å²) in [5.74, 6) is 0. The van der Waals surface area contributed by atoms with Gasteiger partial charge in [-0.05, 0) is 44.0 Å². The predicted octanol–water partition coefficient (Wildman–Crippen LogP) is 3.61. The van der Waals surface area contributed by atoms with Crippen molar-refractivity contribution in [3.63, 3.8) is 0 Å². The molecule has 0 amide bonds. The number of nitrogens with one attached hydrogen (secondary N) is 1. The number of hydrogen-bond acceptors (Lipinski definition) is 3. The maximum atomic E-state index is 4.20. The summed E-state index contributed by atoms with van der Waals surface area (Å²) in [5.41, 5.74) is 2.45. The fraction of sp³-hybridized carbons (Fsp3) is 0.357. The topological polar surface area (TPSA) is 24.9 Å². The Kier molecular flexibility index (Phi) is 3.92. The quantitative estimate of drug-likeness (QED) is 0.891. The Balaban J connectivity index is 1.94. The van der Waals surface area contributed by atoms with Gasteiger partial charge in [-0.15, -0.1) is 11.3 Å². The van der Waals surface area contributed by atoms with Gasteiger partial charge in [0.25, 0.3) is 0 Å². The molecule has 0 saturated carbocycles. The zero-order chi connectivity index (χ0) is 12.3. The average molecular weight is 246 g/mol. The van der Waals surface area contributed by atoms with Crippen LogP contribution in [-0.2, 0) is 6.54 Å². The summed E-state index contributed by atoms with van der Waals surface area (Å²) < 4.78 is 0. The third kappa shape index (κ3) is 3.38. The molecule has 0 aliphatic rings. The van der Waals surface area contributed by atoms with E-state index in [2.05, 4.69) is 49.3 Å². The third-order valence-corrected chi connectivity index (χ3v) is 3.92. The average Bonchev–Trinajstić information content (AvgIpc) is 2.73. The number of aryl methyl sites for hydroxylation is 2. The highest BCUT2D eigenvalue weighted by molar-refractivity contribution is 7.12. The molecule has 2 aromatic rings. The van der Waals surface area contributed by atoms with Crippen molar-refractivity contribution in [2.45, 2.75) is 33.4 Å². The smallest absolute Gasteiger partial charge is 0.0388 e. The fourth-order valence-corrected chi connectivity index (χ4v) is 2.68. The van der Waals surface area contributed by atoms with Gasteiger partial charge in [-0.1, -0.05) is 6.07 Å². The first-order chi connectivity index (χ1) is 8.15. The predicted molar refractivity (Wildman–Crippen MR) is 73.3 cm³/mol. The molecule has 0 saturated heterocycles. The monoisotopic (exact) mass is 246 g/mol. The second-order valence-electron chi connectivity index (χ2n) is 4.42. The van der Waals surface area contributed by atoms with Crippen molar-refractivity contribution in [1.29, 1.82) is 0 Å². The molecule has 0 aromatic carbocycles. The highest BCUT2D eigenvalue weighted by Crippen LogP contribution is 2.22. The third-order valence-electron chi connectivity index (χ3n) is 2.73. The number of thiophene rings is 1. The lowest BCUT2D eigenvalue weighted by atomic mass is 10.2. The molecule has 0 aliphatic heterocycles. The molecule has 0 aliphatic carbocycles. The van der Waals surface area contributed by atoms with Crippen molar-refractivity contribution in [3.8, 4) is 0 Å². The molecule has 1 unspecified atom stereocenters. The summed E-state index contributed by atoms with van der Waals surface area (Å²) in [6.07, 6.45) is 3.81. The normalized spacial score (nSPS) is 12.6. The van der Waals surface area contributed by atoms with Crippen LogP contribution in [0.15, 0.2) is 30.6 Å². The lowest BCUT2D eigenvalue weighted by molar-refractivity contribution is 0.582. The number of hydrogen-bond donors (Lipinski definition) is 1. The van der Waals surface area contributed by atoms with Gasteiger partial charge in [0.15, 0.2) is 0 Å². The molecule has 0 fully saturated rings. The molecule has 0 spiro atoms. The van der Waals surface area contributed by atoms with E-state index in [9.17, 15) is 0 Å². The molecule has 2 heterocycles. The maximum absolute atomic E-state index is 4.20. The van der Waals surface area contributed by atoms with Crippen LogP contribution in [0.1, 0.15) is 33.8 Å². The molecule has 0 radical (unpaired) electrons. The lowest BCUT2D eigenvalue weighted by Crippen LogP contribution is -2.17. The Morgan fingerprint density at radius 3 is 2.76 bits per heavy atom. The van der Waals surface area contributed by atoms with Gasteiger partial charge < -0.3 is 5.32 Å². The number of pyridine rings is 1. The second kappa shape index (κ2) is 5.43. The number of rotatable bonds is 4. The van der Waals surface area contributed by atoms with Gasteiger partial charge in [-0.25, -0.2) is 0 Å². The minimum Gasteiger partial charge on any atom is -0.305 e. The first-order valence-corrected chi connectivity index (χ1v) is 6.67. The Morgan fingerprint density at radius 2 is 2.12 bits per heavy atom. The fourth-order valence-electron chi connectivity index (χ4n) is 1.77. The number of aromatic nitrogens is 1. The van der Waals surface area contributed by atoms with E-state index in [0.717, 1.165) is 6.54 Å². The minimum absolute atomic E-state index is 0.397. The minimum atomic E-state index is 0.397. The van der Waals surface area contributed by atoms with Crippen molar-refractivity contribution in [2.75, 3.05) is 0 Å². The summed E-state index contributed by atoms with van der Waals surface area (Å²) >= 11 is 1.86. The van der Waals surface area contributed by atoms with Gasteiger partial charge in [0.1, 0.15) is 0 Å². The molecule has 0 bridgehead atoms. The first-order valence-electron chi connectivity index (χ1n) is 5.85. The maximum Gasteiger partial charge on any atom is 0.0388 e. The van der Waals surface area contributed by atoms with E-state index in [4.69, 9.17) is 0 Å². The molecular weight excluding hydrogens is 228 g/mol. The SMILES string of the molecule is Cc1cncc(CNC(C)c2ccc(C)s2)c1. The van der Waals surface area contributed by atoms with Crippen molar-refractivity contribution < 1.29 is 0 Å². The Morgan fingerprint density at radius 1 is 1.29 bits per heavy atom. The van der Waals surface area contributed by atoms with Crippen LogP contribution in [0.4, 0.5) is 0 Å². The summed E-state index contributed by atoms with van der Waals surface area (Å²) in [6.45, 7) is 7.29. The second-order valence-corrected chi connectivity index (χ2v) is 5.74. The van der Waals surface area contributed by atoms with Crippen LogP contribution in [0, 0.1) is 13.8 Å². The highest BCUT2D eigenvalue weighted by Gasteiger charge is 2.06. The van der Waals surface area contributed by atoms with Crippen LogP contribution in [0.5, 0.6) is 0 Å². The molecule has 1 atom stereocenters. The molecule has 17 heavy (non-hydrogen) atoms. The first kappa shape index (κ1) is 12.3. The van der Waals surface area contributed by atoms with E-state index in [1.54, 1.807) is 0 Å². The van der Waals surface area contributed by atoms with Crippen LogP contribution >= 0.6 is 11.3 Å². The summed E-state index contributed by atoms with van der Waals surface area (Å²) in [5, 5.41) is 3.53. The summed E-state index contributed by atoms with van der Waals surface area (Å²) in [7, 11) is 0. The van der Waals surface area contributed by atoms with Gasteiger partial charge in [0, 0.05) is 34.7 Å². The van der Waals surface area contributed by atoms with Crippen LogP contribution in [0.25, 0.3) is 0 Å². The van der Waals surface area contributed by atoms with E-state index in [0.29, 0.717) is 6.04 Å². The van der Waals surface area contributed by atoms with E-state index in [1.807, 2.05) is 23.7 Å². The molecule has 1 N–H and O–H groups in total. The zero-order valence-electron chi connectivity index (χ0n) is 10.5. The zero-order valence-corrected chi connectivity index (χ0v) is 11.3. The summed E-state index contributed by atoms with van der Waals surface area (Å²) in [4.78, 5) is 6.96. The lowest BCUT2D eigenvalue weighted by Gasteiger charge is -2.12. The van der Waals surface area contributed by atoms with Crippen LogP contribution < -0.4 is 5.32 Å². The summed E-state index contributed by atoms with van der Waals surface area (Å²) in [6, 6.07) is 6.94. The highest BCUT2D eigenvalue weighted by atomic mass is 32.1. The van der Waals surface area contributed by atoms with Crippen molar-refractivity contribution in [2.24, 2.45) is 0 Å². The van der Waals surface area contributed by atoms with Gasteiger partial charge in [0.2, 0.25) is 0 Å². The molecular formula is C14H18N2S. The van der Waals surface area contributed by atoms with Crippen molar-refractivity contribution in [1.82, 2.24) is 10.3 Å². The van der Waals surface area contributed by atoms with Gasteiger partial charge in [-0.2, -0.15) is 0 Å². The van der Waals surface area contributed by atoms with E-state index >= 15 is 0 Å². The van der Waals surface area contributed by atoms with Crippen LogP contribution in [-0.4, -0.2) is 4.98 Å². The Hall–Kier alpha value is -1.19. The van der Waals surface area contributed by atoms with Gasteiger partial charge in [0.05, 0.1) is 0 Å². The van der Waals surface area contributed by atoms with E-state index in [1.165, 1.54) is 20.9 Å². The van der Waals surface area contributed by atoms with Crippen LogP contribution in [0.3, 0.4) is 0 Å². The van der Waals surface area contributed by atoms with Crippen molar-refractivity contribution >= 4 is 11.3 Å². The Labute approximate surface area is 107 Å². The van der Waals surface area contributed by atoms with E-state index in [-0.39, 0.29) is 0 Å². The molecule has 2 rings (SSSR count). The van der Waals surface area contributed by atoms with Crippen LogP contribution in [0.2, 0.25) is 0 Å². The molecule has 2 nitrogen and oxygen atoms in total. The number of nitrogens with zero attached hydrogens (tertiary/aromatic N) is 1. The molecule has 2 aromatic heterocycles. The van der Waals surface area contributed by atoms with E-state index < -0.39 is 0 Å².